The predicted molar refractivity (Wildman–Crippen MR) is 140 cm³/mol. The van der Waals surface area contributed by atoms with Gasteiger partial charge in [0.15, 0.2) is 18.2 Å². The quantitative estimate of drug-likeness (QED) is 0.155. The summed E-state index contributed by atoms with van der Waals surface area (Å²) in [6.45, 7) is 12.1. The Morgan fingerprint density at radius 1 is 1.22 bits per heavy atom. The van der Waals surface area contributed by atoms with Gasteiger partial charge in [-0.25, -0.2) is 13.2 Å². The molecule has 0 unspecified atom stereocenters. The molecule has 1 aromatic rings. The van der Waals surface area contributed by atoms with E-state index in [4.69, 9.17) is 9.16 Å². The number of hydrogen-bond acceptors (Lipinski definition) is 8. The maximum Gasteiger partial charge on any atom is 0.355 e. The van der Waals surface area contributed by atoms with E-state index in [-0.39, 0.29) is 40.3 Å². The van der Waals surface area contributed by atoms with Gasteiger partial charge in [0.25, 0.3) is 5.69 Å². The summed E-state index contributed by atoms with van der Waals surface area (Å²) >= 11 is 0. The number of hydrogen-bond donors (Lipinski definition) is 0. The van der Waals surface area contributed by atoms with E-state index in [1.54, 1.807) is 0 Å². The third kappa shape index (κ3) is 6.02. The first-order valence-corrected chi connectivity index (χ1v) is 16.8. The zero-order valence-electron chi connectivity index (χ0n) is 22.2. The Hall–Kier alpha value is -2.83. The van der Waals surface area contributed by atoms with Crippen molar-refractivity contribution in [2.24, 2.45) is 5.92 Å². The zero-order chi connectivity index (χ0) is 27.9. The highest BCUT2D eigenvalue weighted by Crippen LogP contribution is 2.44. The summed E-state index contributed by atoms with van der Waals surface area (Å²) in [5, 5.41) is 10.8. The number of amides is 1. The van der Waals surface area contributed by atoms with Crippen molar-refractivity contribution in [2.75, 3.05) is 6.26 Å². The second kappa shape index (κ2) is 10.1. The van der Waals surface area contributed by atoms with Crippen LogP contribution in [0.1, 0.15) is 39.7 Å². The molecule has 0 N–H and O–H groups in total. The Bertz CT molecular complexity index is 1260. The highest BCUT2D eigenvalue weighted by atomic mass is 32.2. The number of nitrogens with zero attached hydrogens (tertiary/aromatic N) is 2. The number of carbonyl (C=O) groups is 2. The topological polar surface area (TPSA) is 133 Å². The van der Waals surface area contributed by atoms with Gasteiger partial charge in [0.1, 0.15) is 12.3 Å². The molecule has 3 atom stereocenters. The minimum absolute atomic E-state index is 0.0497. The maximum atomic E-state index is 13.3. The Labute approximate surface area is 218 Å². The number of nitro benzene ring substituents is 1. The largest absolute Gasteiger partial charge is 0.456 e. The van der Waals surface area contributed by atoms with Gasteiger partial charge in [-0.15, -0.1) is 0 Å². The highest BCUT2D eigenvalue weighted by molar-refractivity contribution is 7.94. The van der Waals surface area contributed by atoms with Crippen molar-refractivity contribution in [3.8, 4) is 0 Å². The third-order valence-electron chi connectivity index (χ3n) is 7.36. The van der Waals surface area contributed by atoms with E-state index in [1.165, 1.54) is 41.3 Å². The monoisotopic (exact) mass is 550 g/mol. The molecule has 202 valence electrons. The van der Waals surface area contributed by atoms with Crippen LogP contribution in [0.4, 0.5) is 5.69 Å². The first-order valence-electron chi connectivity index (χ1n) is 12.0. The summed E-state index contributed by atoms with van der Waals surface area (Å²) in [6.07, 6.45) is 3.35. The minimum Gasteiger partial charge on any atom is -0.456 e. The number of allylic oxidation sites excluding steroid dienone is 2. The molecule has 2 heterocycles. The van der Waals surface area contributed by atoms with Crippen LogP contribution < -0.4 is 0 Å². The standard InChI is InChI=1S/C25H34N2O8SSi/c1-16(35-37(6,7)25(2,3)4)22-21-14-19(36(5,32)33)12-13-20(26(21)23(22)28)24(29)34-15-17-8-10-18(11-9-17)27(30)31/h8-13,16,21-22H,14-15H2,1-7H3/t16-,21-,22-/m1/s1. The molecule has 0 saturated carbocycles. The molecule has 3 rings (SSSR count). The van der Waals surface area contributed by atoms with Gasteiger partial charge in [0.2, 0.25) is 5.91 Å². The molecule has 1 fully saturated rings. The number of carbonyl (C=O) groups excluding carboxylic acids is 2. The number of sulfone groups is 1. The van der Waals surface area contributed by atoms with E-state index in [0.29, 0.717) is 5.56 Å². The van der Waals surface area contributed by atoms with E-state index in [2.05, 4.69) is 33.9 Å². The summed E-state index contributed by atoms with van der Waals surface area (Å²) in [4.78, 5) is 38.1. The molecule has 0 spiro atoms. The van der Waals surface area contributed by atoms with Crippen LogP contribution in [-0.2, 0) is 35.2 Å². The molecule has 0 aromatic heterocycles. The molecule has 0 radical (unpaired) electrons. The summed E-state index contributed by atoms with van der Waals surface area (Å²) in [7, 11) is -5.79. The minimum atomic E-state index is -3.57. The second-order valence-electron chi connectivity index (χ2n) is 11.0. The molecular weight excluding hydrogens is 516 g/mol. The maximum absolute atomic E-state index is 13.3. The van der Waals surface area contributed by atoms with Gasteiger partial charge in [0, 0.05) is 29.7 Å². The smallest absolute Gasteiger partial charge is 0.355 e. The summed E-state index contributed by atoms with van der Waals surface area (Å²) < 4.78 is 36.7. The number of benzene rings is 1. The number of ether oxygens (including phenoxy) is 1. The van der Waals surface area contributed by atoms with Gasteiger partial charge in [-0.1, -0.05) is 20.8 Å². The average molecular weight is 551 g/mol. The lowest BCUT2D eigenvalue weighted by molar-refractivity contribution is -0.384. The number of esters is 1. The van der Waals surface area contributed by atoms with Crippen LogP contribution in [0.15, 0.2) is 47.0 Å². The molecule has 37 heavy (non-hydrogen) atoms. The Morgan fingerprint density at radius 2 is 1.81 bits per heavy atom. The fourth-order valence-corrected chi connectivity index (χ4v) is 6.43. The third-order valence-corrected chi connectivity index (χ3v) is 13.2. The van der Waals surface area contributed by atoms with Crippen LogP contribution in [-0.4, -0.2) is 56.8 Å². The van der Waals surface area contributed by atoms with E-state index >= 15 is 0 Å². The van der Waals surface area contributed by atoms with Gasteiger partial charge in [-0.2, -0.15) is 0 Å². The molecule has 1 amide bonds. The molecule has 2 aliphatic heterocycles. The normalized spacial score (nSPS) is 21.2. The van der Waals surface area contributed by atoms with Crippen molar-refractivity contribution in [1.82, 2.24) is 4.90 Å². The van der Waals surface area contributed by atoms with Crippen LogP contribution in [0.2, 0.25) is 18.1 Å². The SMILES string of the molecule is C[C@@H](O[Si](C)(C)C(C)(C)C)[C@H]1C(=O)N2C(C(=O)OCc3ccc([N+](=O)[O-])cc3)=CC=C(S(C)(=O)=O)C[C@H]12. The lowest BCUT2D eigenvalue weighted by Gasteiger charge is -2.51. The van der Waals surface area contributed by atoms with Crippen LogP contribution in [0, 0.1) is 16.0 Å². The van der Waals surface area contributed by atoms with Crippen LogP contribution in [0.25, 0.3) is 0 Å². The van der Waals surface area contributed by atoms with Crippen molar-refractivity contribution in [3.05, 3.63) is 62.7 Å². The molecule has 0 aliphatic carbocycles. The lowest BCUT2D eigenvalue weighted by Crippen LogP contribution is -2.65. The second-order valence-corrected chi connectivity index (χ2v) is 17.9. The molecule has 10 nitrogen and oxygen atoms in total. The number of fused-ring (bicyclic) bond motifs is 1. The first-order chi connectivity index (χ1) is 16.9. The molecular formula is C25H34N2O8SSi. The van der Waals surface area contributed by atoms with Crippen molar-refractivity contribution in [3.63, 3.8) is 0 Å². The average Bonchev–Trinajstić information content (AvgIpc) is 2.94. The fourth-order valence-electron chi connectivity index (χ4n) is 4.22. The van der Waals surface area contributed by atoms with E-state index in [0.717, 1.165) is 6.26 Å². The number of nitro groups is 1. The van der Waals surface area contributed by atoms with E-state index in [1.807, 2.05) is 6.92 Å². The molecule has 1 saturated heterocycles. The number of β-lactam (4-membered cyclic amide) rings is 1. The van der Waals surface area contributed by atoms with Crippen molar-refractivity contribution in [2.45, 2.75) is 71.0 Å². The Balaban J connectivity index is 1.84. The first kappa shape index (κ1) is 28.7. The number of rotatable bonds is 8. The zero-order valence-corrected chi connectivity index (χ0v) is 24.0. The van der Waals surface area contributed by atoms with Crippen molar-refractivity contribution >= 4 is 35.7 Å². The lowest BCUT2D eigenvalue weighted by atomic mass is 9.81. The van der Waals surface area contributed by atoms with E-state index in [9.17, 15) is 28.1 Å². The Morgan fingerprint density at radius 3 is 2.32 bits per heavy atom. The molecule has 0 bridgehead atoms. The summed E-state index contributed by atoms with van der Waals surface area (Å²) in [6, 6.07) is 4.98. The summed E-state index contributed by atoms with van der Waals surface area (Å²) in [5.74, 6) is -1.72. The fraction of sp³-hybridized carbons (Fsp3) is 0.520. The van der Waals surface area contributed by atoms with Crippen LogP contribution in [0.3, 0.4) is 0 Å². The van der Waals surface area contributed by atoms with Crippen LogP contribution in [0.5, 0.6) is 0 Å². The highest BCUT2D eigenvalue weighted by Gasteiger charge is 2.55. The Kier molecular flexibility index (Phi) is 7.88. The molecule has 12 heteroatoms. The van der Waals surface area contributed by atoms with Gasteiger partial charge < -0.3 is 14.1 Å². The summed E-state index contributed by atoms with van der Waals surface area (Å²) in [5.41, 5.74) is 0.390. The van der Waals surface area contributed by atoms with E-state index < -0.39 is 47.1 Å². The van der Waals surface area contributed by atoms with Gasteiger partial charge in [-0.3, -0.25) is 14.9 Å². The van der Waals surface area contributed by atoms with Crippen LogP contribution >= 0.6 is 0 Å². The van der Waals surface area contributed by atoms with Gasteiger partial charge >= 0.3 is 5.97 Å². The molecule has 1 aromatic carbocycles. The van der Waals surface area contributed by atoms with Gasteiger partial charge in [0.05, 0.1) is 23.0 Å². The molecule has 2 aliphatic rings. The number of non-ortho nitro benzene ring substituents is 1. The predicted octanol–water partition coefficient (Wildman–Crippen LogP) is 4.09. The van der Waals surface area contributed by atoms with Gasteiger partial charge in [-0.05, 0) is 54.9 Å². The van der Waals surface area contributed by atoms with Crippen molar-refractivity contribution in [1.29, 1.82) is 0 Å². The van der Waals surface area contributed by atoms with Crippen molar-refractivity contribution < 1.29 is 32.1 Å².